The highest BCUT2D eigenvalue weighted by Gasteiger charge is 2.25. The highest BCUT2D eigenvalue weighted by Crippen LogP contribution is 2.27. The first-order chi connectivity index (χ1) is 8.97. The van der Waals surface area contributed by atoms with E-state index in [-0.39, 0.29) is 5.91 Å². The Hall–Kier alpha value is -0.680. The third-order valence-electron chi connectivity index (χ3n) is 4.16. The number of hydrogen-bond donors (Lipinski definition) is 1. The third-order valence-corrected chi connectivity index (χ3v) is 5.50. The number of H-pyrrole nitrogens is 1. The van der Waals surface area contributed by atoms with Gasteiger partial charge in [-0.25, -0.2) is 0 Å². The topological polar surface area (TPSA) is 36.1 Å². The number of likely N-dealkylation sites (N-methyl/N-ethyl adjacent to an activating group) is 1. The molecule has 0 saturated heterocycles. The first-order valence-corrected chi connectivity index (χ1v) is 8.14. The van der Waals surface area contributed by atoms with Crippen LogP contribution in [0.15, 0.2) is 0 Å². The average Bonchev–Trinajstić information content (AvgIpc) is 2.68. The zero-order chi connectivity index (χ0) is 14.0. The lowest BCUT2D eigenvalue weighted by Crippen LogP contribution is -2.40. The molecule has 1 N–H and O–H groups in total. The van der Waals surface area contributed by atoms with Crippen molar-refractivity contribution in [2.24, 2.45) is 5.92 Å². The number of rotatable bonds is 3. The molecule has 1 fully saturated rings. The van der Waals surface area contributed by atoms with Gasteiger partial charge < -0.3 is 9.88 Å². The van der Waals surface area contributed by atoms with Crippen molar-refractivity contribution in [2.45, 2.75) is 52.0 Å². The Labute approximate surface area is 124 Å². The van der Waals surface area contributed by atoms with E-state index in [1.807, 2.05) is 18.9 Å². The highest BCUT2D eigenvalue weighted by molar-refractivity contribution is 7.73. The summed E-state index contributed by atoms with van der Waals surface area (Å²) in [5.41, 5.74) is 1.04. The number of hydrogen-bond acceptors (Lipinski definition) is 3. The van der Waals surface area contributed by atoms with Gasteiger partial charge in [-0.05, 0) is 50.7 Å². The zero-order valence-electron chi connectivity index (χ0n) is 11.9. The first-order valence-electron chi connectivity index (χ1n) is 6.91. The van der Waals surface area contributed by atoms with Crippen LogP contribution in [0.25, 0.3) is 0 Å². The van der Waals surface area contributed by atoms with E-state index < -0.39 is 0 Å². The molecule has 1 saturated carbocycles. The van der Waals surface area contributed by atoms with E-state index >= 15 is 0 Å². The lowest BCUT2D eigenvalue weighted by atomic mass is 9.86. The van der Waals surface area contributed by atoms with E-state index in [2.05, 4.69) is 11.9 Å². The summed E-state index contributed by atoms with van der Waals surface area (Å²) in [4.78, 5) is 18.5. The predicted octanol–water partition coefficient (Wildman–Crippen LogP) is 3.69. The van der Waals surface area contributed by atoms with Crippen molar-refractivity contribution < 1.29 is 4.79 Å². The number of amides is 1. The molecular formula is C14H22N2OS2. The fourth-order valence-corrected chi connectivity index (χ4v) is 3.98. The van der Waals surface area contributed by atoms with Gasteiger partial charge in [0.25, 0.3) is 0 Å². The molecule has 0 radical (unpaired) electrons. The second kappa shape index (κ2) is 6.18. The normalized spacial score (nSPS) is 23.3. The number of aromatic nitrogens is 1. The molecular weight excluding hydrogens is 276 g/mol. The van der Waals surface area contributed by atoms with E-state index in [1.165, 1.54) is 24.2 Å². The van der Waals surface area contributed by atoms with Crippen molar-refractivity contribution in [1.29, 1.82) is 0 Å². The van der Waals surface area contributed by atoms with Crippen LogP contribution >= 0.6 is 23.6 Å². The van der Waals surface area contributed by atoms with Gasteiger partial charge in [0.1, 0.15) is 0 Å². The van der Waals surface area contributed by atoms with Crippen molar-refractivity contribution in [3.05, 3.63) is 14.5 Å². The summed E-state index contributed by atoms with van der Waals surface area (Å²) in [6.07, 6.45) is 5.25. The number of nitrogens with one attached hydrogen (secondary N) is 1. The summed E-state index contributed by atoms with van der Waals surface area (Å²) in [7, 11) is 1.95. The molecule has 0 spiro atoms. The second-order valence-electron chi connectivity index (χ2n) is 5.66. The van der Waals surface area contributed by atoms with E-state index in [4.69, 9.17) is 12.2 Å². The van der Waals surface area contributed by atoms with Gasteiger partial charge in [-0.3, -0.25) is 4.79 Å². The third kappa shape index (κ3) is 3.66. The van der Waals surface area contributed by atoms with Crippen molar-refractivity contribution in [3.63, 3.8) is 0 Å². The van der Waals surface area contributed by atoms with Crippen LogP contribution in [0.4, 0.5) is 0 Å². The molecule has 1 aromatic heterocycles. The van der Waals surface area contributed by atoms with Gasteiger partial charge in [0, 0.05) is 23.7 Å². The Kier molecular flexibility index (Phi) is 4.79. The molecule has 0 aliphatic heterocycles. The van der Waals surface area contributed by atoms with Crippen molar-refractivity contribution in [3.8, 4) is 0 Å². The van der Waals surface area contributed by atoms with Gasteiger partial charge >= 0.3 is 0 Å². The number of aromatic amines is 1. The van der Waals surface area contributed by atoms with Crippen LogP contribution in [0, 0.1) is 16.8 Å². The predicted molar refractivity (Wildman–Crippen MR) is 82.1 cm³/mol. The first kappa shape index (κ1) is 14.7. The molecule has 0 atom stereocenters. The van der Waals surface area contributed by atoms with Crippen LogP contribution in [-0.4, -0.2) is 28.9 Å². The quantitative estimate of drug-likeness (QED) is 0.864. The van der Waals surface area contributed by atoms with Crippen LogP contribution in [0.5, 0.6) is 0 Å². The van der Waals surface area contributed by atoms with Crippen LogP contribution < -0.4 is 0 Å². The highest BCUT2D eigenvalue weighted by atomic mass is 32.1. The monoisotopic (exact) mass is 298 g/mol. The summed E-state index contributed by atoms with van der Waals surface area (Å²) in [6.45, 7) is 4.28. The van der Waals surface area contributed by atoms with Gasteiger partial charge in [0.2, 0.25) is 5.91 Å². The zero-order valence-corrected chi connectivity index (χ0v) is 13.5. The Morgan fingerprint density at radius 1 is 1.42 bits per heavy atom. The molecule has 0 aromatic carbocycles. The van der Waals surface area contributed by atoms with E-state index in [9.17, 15) is 4.79 Å². The van der Waals surface area contributed by atoms with Crippen molar-refractivity contribution >= 4 is 29.5 Å². The van der Waals surface area contributed by atoms with Crippen LogP contribution in [-0.2, 0) is 11.2 Å². The van der Waals surface area contributed by atoms with E-state index in [0.717, 1.165) is 33.3 Å². The van der Waals surface area contributed by atoms with Crippen LogP contribution in [0.3, 0.4) is 0 Å². The number of aryl methyl sites for hydroxylation is 1. The van der Waals surface area contributed by atoms with Crippen molar-refractivity contribution in [1.82, 2.24) is 9.88 Å². The summed E-state index contributed by atoms with van der Waals surface area (Å²) < 4.78 is 0.759. The lowest BCUT2D eigenvalue weighted by Gasteiger charge is -2.33. The van der Waals surface area contributed by atoms with Gasteiger partial charge in [-0.2, -0.15) is 0 Å². The minimum Gasteiger partial charge on any atom is -0.342 e. The average molecular weight is 298 g/mol. The fourth-order valence-electron chi connectivity index (χ4n) is 2.70. The molecule has 1 amide bonds. The summed E-state index contributed by atoms with van der Waals surface area (Å²) in [5, 5.41) is 0. The van der Waals surface area contributed by atoms with Gasteiger partial charge in [-0.1, -0.05) is 6.92 Å². The maximum atomic E-state index is 12.3. The molecule has 1 aromatic rings. The smallest absolute Gasteiger partial charge is 0.227 e. The van der Waals surface area contributed by atoms with Crippen LogP contribution in [0.2, 0.25) is 0 Å². The molecule has 3 nitrogen and oxygen atoms in total. The molecule has 5 heteroatoms. The largest absolute Gasteiger partial charge is 0.342 e. The molecule has 1 heterocycles. The number of carbonyl (C=O) groups is 1. The lowest BCUT2D eigenvalue weighted by molar-refractivity contribution is -0.131. The molecule has 19 heavy (non-hydrogen) atoms. The van der Waals surface area contributed by atoms with Gasteiger partial charge in [0.05, 0.1) is 6.42 Å². The SMILES string of the molecule is Cc1[nH]c(=S)sc1CC(=O)N(C)C1CCC(C)CC1. The number of carbonyl (C=O) groups excluding carboxylic acids is 1. The molecule has 0 unspecified atom stereocenters. The fraction of sp³-hybridized carbons (Fsp3) is 0.714. The summed E-state index contributed by atoms with van der Waals surface area (Å²) >= 11 is 6.63. The number of nitrogens with zero attached hydrogens (tertiary/aromatic N) is 1. The van der Waals surface area contributed by atoms with Gasteiger partial charge in [0.15, 0.2) is 3.95 Å². The molecule has 1 aliphatic rings. The maximum absolute atomic E-state index is 12.3. The minimum absolute atomic E-state index is 0.216. The van der Waals surface area contributed by atoms with Crippen molar-refractivity contribution in [2.75, 3.05) is 7.05 Å². The Morgan fingerprint density at radius 2 is 2.05 bits per heavy atom. The summed E-state index contributed by atoms with van der Waals surface area (Å²) in [6, 6.07) is 0.427. The van der Waals surface area contributed by atoms with Gasteiger partial charge in [-0.15, -0.1) is 11.3 Å². The summed E-state index contributed by atoms with van der Waals surface area (Å²) in [5.74, 6) is 1.03. The standard InChI is InChI=1S/C14H22N2OS2/c1-9-4-6-11(7-5-9)16(3)13(17)8-12-10(2)15-14(18)19-12/h9,11H,4-8H2,1-3H3,(H,15,18). The van der Waals surface area contributed by atoms with Crippen LogP contribution in [0.1, 0.15) is 43.2 Å². The Balaban J connectivity index is 1.96. The molecule has 1 aliphatic carbocycles. The van der Waals surface area contributed by atoms with E-state index in [0.29, 0.717) is 12.5 Å². The van der Waals surface area contributed by atoms with E-state index in [1.54, 1.807) is 0 Å². The minimum atomic E-state index is 0.216. The maximum Gasteiger partial charge on any atom is 0.227 e. The Morgan fingerprint density at radius 3 is 2.58 bits per heavy atom. The Bertz CT molecular complexity index is 498. The number of thiazole rings is 1. The molecule has 106 valence electrons. The molecule has 2 rings (SSSR count). The molecule has 0 bridgehead atoms. The second-order valence-corrected chi connectivity index (χ2v) is 7.43.